The summed E-state index contributed by atoms with van der Waals surface area (Å²) < 4.78 is 33.3. The van der Waals surface area contributed by atoms with Crippen molar-refractivity contribution in [2.45, 2.75) is 65.6 Å². The summed E-state index contributed by atoms with van der Waals surface area (Å²) in [4.78, 5) is 51.1. The van der Waals surface area contributed by atoms with Gasteiger partial charge in [0.1, 0.15) is 23.0 Å². The van der Waals surface area contributed by atoms with Gasteiger partial charge in [0.25, 0.3) is 5.79 Å². The van der Waals surface area contributed by atoms with Crippen molar-refractivity contribution in [2.75, 3.05) is 13.2 Å². The van der Waals surface area contributed by atoms with Gasteiger partial charge in [0.05, 0.1) is 35.5 Å². The Morgan fingerprint density at radius 2 is 0.760 bits per heavy atom. The van der Waals surface area contributed by atoms with Crippen LogP contribution in [0.2, 0.25) is 0 Å². The molecule has 262 valence electrons. The van der Waals surface area contributed by atoms with Gasteiger partial charge >= 0.3 is 23.9 Å². The van der Waals surface area contributed by atoms with Crippen molar-refractivity contribution in [2.24, 2.45) is 0 Å². The molecule has 0 bridgehead atoms. The van der Waals surface area contributed by atoms with Gasteiger partial charge in [-0.2, -0.15) is 0 Å². The summed E-state index contributed by atoms with van der Waals surface area (Å²) in [6.07, 6.45) is 4.11. The van der Waals surface area contributed by atoms with Crippen molar-refractivity contribution in [3.8, 4) is 23.0 Å². The van der Waals surface area contributed by atoms with E-state index in [9.17, 15) is 19.2 Å². The van der Waals surface area contributed by atoms with Crippen LogP contribution in [0.4, 0.5) is 0 Å². The van der Waals surface area contributed by atoms with Gasteiger partial charge in [0, 0.05) is 13.3 Å². The zero-order valence-corrected chi connectivity index (χ0v) is 28.8. The van der Waals surface area contributed by atoms with Gasteiger partial charge < -0.3 is 28.4 Å². The largest absolute Gasteiger partial charge is 0.494 e. The van der Waals surface area contributed by atoms with Gasteiger partial charge in [0.15, 0.2) is 0 Å². The van der Waals surface area contributed by atoms with Crippen molar-refractivity contribution in [3.63, 3.8) is 0 Å². The second-order valence-corrected chi connectivity index (χ2v) is 11.5. The highest BCUT2D eigenvalue weighted by atomic mass is 16.7. The molecular weight excluding hydrogens is 640 g/mol. The molecule has 0 atom stereocenters. The molecule has 10 heteroatoms. The molecular formula is C40H42O10. The second-order valence-electron chi connectivity index (χ2n) is 11.5. The van der Waals surface area contributed by atoms with Crippen molar-refractivity contribution >= 4 is 23.9 Å². The first-order chi connectivity index (χ1) is 24.1. The minimum atomic E-state index is -1.58. The predicted octanol–water partition coefficient (Wildman–Crippen LogP) is 8.62. The summed E-state index contributed by atoms with van der Waals surface area (Å²) in [5.41, 5.74) is 1.03. The van der Waals surface area contributed by atoms with Crippen LogP contribution in [0.15, 0.2) is 97.1 Å². The van der Waals surface area contributed by atoms with E-state index < -0.39 is 29.7 Å². The van der Waals surface area contributed by atoms with E-state index in [1.165, 1.54) is 55.5 Å². The zero-order chi connectivity index (χ0) is 35.9. The smallest absolute Gasteiger partial charge is 0.343 e. The first kappa shape index (κ1) is 37.2. The number of carbonyl (C=O) groups is 4. The summed E-state index contributed by atoms with van der Waals surface area (Å²) in [5.74, 6) is -2.36. The Labute approximate surface area is 292 Å². The molecule has 0 amide bonds. The number of benzene rings is 4. The molecule has 4 aromatic carbocycles. The van der Waals surface area contributed by atoms with Crippen LogP contribution in [0.25, 0.3) is 0 Å². The minimum absolute atomic E-state index is 0.166. The first-order valence-corrected chi connectivity index (χ1v) is 16.7. The van der Waals surface area contributed by atoms with Crippen LogP contribution in [0.3, 0.4) is 0 Å². The van der Waals surface area contributed by atoms with Crippen LogP contribution in [0.5, 0.6) is 23.0 Å². The van der Waals surface area contributed by atoms with E-state index in [2.05, 4.69) is 13.8 Å². The number of carbonyl (C=O) groups excluding carboxylic acids is 4. The predicted molar refractivity (Wildman–Crippen MR) is 186 cm³/mol. The molecule has 0 radical (unpaired) electrons. The number of ether oxygens (including phenoxy) is 6. The quantitative estimate of drug-likeness (QED) is 0.0463. The van der Waals surface area contributed by atoms with E-state index in [1.807, 2.05) is 0 Å². The Hall–Kier alpha value is -5.64. The molecule has 0 fully saturated rings. The SMILES string of the molecule is CCCCOc1ccc(C(=O)Oc2ccc(C(=O)OC(C)(CC)OC(=O)c3ccc(OC(=O)c4ccc(OCCCC)cc4)cc3)cc2)cc1. The van der Waals surface area contributed by atoms with Gasteiger partial charge in [0.2, 0.25) is 0 Å². The highest BCUT2D eigenvalue weighted by molar-refractivity contribution is 5.93. The average molecular weight is 683 g/mol. The molecule has 0 N–H and O–H groups in total. The second kappa shape index (κ2) is 18.2. The number of esters is 4. The van der Waals surface area contributed by atoms with E-state index in [0.717, 1.165) is 25.7 Å². The minimum Gasteiger partial charge on any atom is -0.494 e. The maximum Gasteiger partial charge on any atom is 0.343 e. The van der Waals surface area contributed by atoms with E-state index in [4.69, 9.17) is 28.4 Å². The third-order valence-corrected chi connectivity index (χ3v) is 7.57. The van der Waals surface area contributed by atoms with E-state index in [-0.39, 0.29) is 29.0 Å². The average Bonchev–Trinajstić information content (AvgIpc) is 3.13. The lowest BCUT2D eigenvalue weighted by molar-refractivity contribution is -0.157. The molecule has 0 saturated carbocycles. The molecule has 0 heterocycles. The summed E-state index contributed by atoms with van der Waals surface area (Å²) in [7, 11) is 0. The Balaban J connectivity index is 1.28. The lowest BCUT2D eigenvalue weighted by Crippen LogP contribution is -2.36. The van der Waals surface area contributed by atoms with Crippen LogP contribution < -0.4 is 18.9 Å². The normalized spacial score (nSPS) is 10.9. The van der Waals surface area contributed by atoms with Crippen LogP contribution in [-0.2, 0) is 9.47 Å². The summed E-state index contributed by atoms with van der Waals surface area (Å²) in [6, 6.07) is 25.0. The number of hydrogen-bond acceptors (Lipinski definition) is 10. The fourth-order valence-corrected chi connectivity index (χ4v) is 4.37. The van der Waals surface area contributed by atoms with Gasteiger partial charge in [-0.3, -0.25) is 0 Å². The molecule has 0 spiro atoms. The third-order valence-electron chi connectivity index (χ3n) is 7.57. The van der Waals surface area contributed by atoms with Crippen LogP contribution >= 0.6 is 0 Å². The Bertz CT molecular complexity index is 1590. The van der Waals surface area contributed by atoms with Crippen molar-refractivity contribution < 1.29 is 47.6 Å². The topological polar surface area (TPSA) is 124 Å². The first-order valence-electron chi connectivity index (χ1n) is 16.7. The zero-order valence-electron chi connectivity index (χ0n) is 28.8. The van der Waals surface area contributed by atoms with Crippen molar-refractivity contribution in [1.29, 1.82) is 0 Å². The molecule has 0 aliphatic rings. The molecule has 0 aliphatic heterocycles. The van der Waals surface area contributed by atoms with Gasteiger partial charge in [-0.15, -0.1) is 0 Å². The fraction of sp³-hybridized carbons (Fsp3) is 0.300. The van der Waals surface area contributed by atoms with E-state index in [1.54, 1.807) is 55.5 Å². The van der Waals surface area contributed by atoms with E-state index >= 15 is 0 Å². The Kier molecular flexibility index (Phi) is 13.5. The highest BCUT2D eigenvalue weighted by Gasteiger charge is 2.32. The Morgan fingerprint density at radius 1 is 0.460 bits per heavy atom. The van der Waals surface area contributed by atoms with Gasteiger partial charge in [-0.1, -0.05) is 33.6 Å². The monoisotopic (exact) mass is 682 g/mol. The number of unbranched alkanes of at least 4 members (excludes halogenated alkanes) is 2. The molecule has 50 heavy (non-hydrogen) atoms. The van der Waals surface area contributed by atoms with Crippen molar-refractivity contribution in [1.82, 2.24) is 0 Å². The molecule has 10 nitrogen and oxygen atoms in total. The van der Waals surface area contributed by atoms with E-state index in [0.29, 0.717) is 35.8 Å². The molecule has 0 saturated heterocycles. The fourth-order valence-electron chi connectivity index (χ4n) is 4.37. The molecule has 4 rings (SSSR count). The third kappa shape index (κ3) is 10.9. The maximum atomic E-state index is 13.0. The van der Waals surface area contributed by atoms with Gasteiger partial charge in [-0.25, -0.2) is 19.2 Å². The van der Waals surface area contributed by atoms with Gasteiger partial charge in [-0.05, 0) is 110 Å². The Morgan fingerprint density at radius 3 is 1.06 bits per heavy atom. The molecule has 4 aromatic rings. The lowest BCUT2D eigenvalue weighted by Gasteiger charge is -2.28. The summed E-state index contributed by atoms with van der Waals surface area (Å²) >= 11 is 0. The molecule has 0 aliphatic carbocycles. The number of hydrogen-bond donors (Lipinski definition) is 0. The maximum absolute atomic E-state index is 13.0. The van der Waals surface area contributed by atoms with Crippen LogP contribution in [0.1, 0.15) is 101 Å². The molecule has 0 aromatic heterocycles. The standard InChI is InChI=1S/C40H42O10/c1-5-8-26-45-32-18-10-28(11-19-32)36(41)47-34-22-14-30(15-23-34)38(43)49-40(4,7-3)50-39(44)31-16-24-35(25-17-31)48-37(42)29-12-20-33(21-13-29)46-27-9-6-2/h10-25H,5-9,26-27H2,1-4H3. The van der Waals surface area contributed by atoms with Crippen LogP contribution in [-0.4, -0.2) is 42.9 Å². The van der Waals surface area contributed by atoms with Crippen molar-refractivity contribution in [3.05, 3.63) is 119 Å². The lowest BCUT2D eigenvalue weighted by atomic mass is 10.2. The highest BCUT2D eigenvalue weighted by Crippen LogP contribution is 2.24. The molecule has 0 unspecified atom stereocenters. The summed E-state index contributed by atoms with van der Waals surface area (Å²) in [5, 5.41) is 0. The van der Waals surface area contributed by atoms with Crippen LogP contribution in [0, 0.1) is 0 Å². The summed E-state index contributed by atoms with van der Waals surface area (Å²) in [6.45, 7) is 8.56. The number of rotatable bonds is 17.